The molecule has 2 rings (SSSR count). The van der Waals surface area contributed by atoms with Gasteiger partial charge in [-0.05, 0) is 25.7 Å². The Balaban J connectivity index is 2.13. The van der Waals surface area contributed by atoms with Crippen LogP contribution in [0.5, 0.6) is 0 Å². The van der Waals surface area contributed by atoms with E-state index in [4.69, 9.17) is 5.73 Å². The topological polar surface area (TPSA) is 80.9 Å². The van der Waals surface area contributed by atoms with E-state index in [-0.39, 0.29) is 11.4 Å². The van der Waals surface area contributed by atoms with Gasteiger partial charge in [0.05, 0.1) is 17.4 Å². The van der Waals surface area contributed by atoms with Crippen LogP contribution in [0.1, 0.15) is 48.8 Å². The van der Waals surface area contributed by atoms with Gasteiger partial charge in [-0.15, -0.1) is 0 Å². The molecule has 19 heavy (non-hydrogen) atoms. The molecule has 1 heterocycles. The molecule has 1 aliphatic rings. The molecule has 1 amide bonds. The van der Waals surface area contributed by atoms with E-state index in [0.717, 1.165) is 25.0 Å². The monoisotopic (exact) mass is 262 g/mol. The van der Waals surface area contributed by atoms with Crippen molar-refractivity contribution in [2.24, 2.45) is 11.7 Å². The van der Waals surface area contributed by atoms with Crippen molar-refractivity contribution in [1.82, 2.24) is 15.3 Å². The molecule has 1 aliphatic carbocycles. The van der Waals surface area contributed by atoms with Crippen LogP contribution < -0.4 is 11.1 Å². The van der Waals surface area contributed by atoms with Gasteiger partial charge in [-0.1, -0.05) is 19.8 Å². The average molecular weight is 262 g/mol. The molecule has 2 unspecified atom stereocenters. The number of hydrogen-bond donors (Lipinski definition) is 2. The summed E-state index contributed by atoms with van der Waals surface area (Å²) in [6.07, 6.45) is 7.49. The first-order chi connectivity index (χ1) is 9.07. The molecule has 0 saturated heterocycles. The Morgan fingerprint density at radius 1 is 1.47 bits per heavy atom. The summed E-state index contributed by atoms with van der Waals surface area (Å²) < 4.78 is 0. The molecule has 2 atom stereocenters. The zero-order chi connectivity index (χ0) is 13.9. The van der Waals surface area contributed by atoms with Crippen molar-refractivity contribution in [3.05, 3.63) is 23.8 Å². The number of amides is 1. The molecule has 1 aromatic rings. The first-order valence-corrected chi connectivity index (χ1v) is 6.88. The Labute approximate surface area is 114 Å². The second-order valence-electron chi connectivity index (χ2n) is 5.50. The van der Waals surface area contributed by atoms with Gasteiger partial charge in [0.1, 0.15) is 5.69 Å². The summed E-state index contributed by atoms with van der Waals surface area (Å²) in [5.74, 6) is 0.223. The first-order valence-electron chi connectivity index (χ1n) is 6.88. The lowest BCUT2D eigenvalue weighted by molar-refractivity contribution is 0.0807. The quantitative estimate of drug-likeness (QED) is 0.863. The van der Waals surface area contributed by atoms with E-state index >= 15 is 0 Å². The van der Waals surface area contributed by atoms with Gasteiger partial charge >= 0.3 is 0 Å². The molecule has 104 valence electrons. The second kappa shape index (κ2) is 5.65. The van der Waals surface area contributed by atoms with Gasteiger partial charge in [0.25, 0.3) is 5.91 Å². The fraction of sp³-hybridized carbons (Fsp3) is 0.643. The molecule has 1 fully saturated rings. The maximum absolute atomic E-state index is 12.3. The maximum Gasteiger partial charge on any atom is 0.271 e. The molecule has 0 radical (unpaired) electrons. The molecular formula is C14H22N4O. The molecule has 1 aromatic heterocycles. The van der Waals surface area contributed by atoms with E-state index in [1.165, 1.54) is 12.6 Å². The van der Waals surface area contributed by atoms with Crippen molar-refractivity contribution in [3.63, 3.8) is 0 Å². The Morgan fingerprint density at radius 2 is 2.26 bits per heavy atom. The summed E-state index contributed by atoms with van der Waals surface area (Å²) in [6, 6.07) is 0. The van der Waals surface area contributed by atoms with E-state index in [1.807, 2.05) is 6.92 Å². The molecule has 1 saturated carbocycles. The molecule has 5 nitrogen and oxygen atoms in total. The van der Waals surface area contributed by atoms with E-state index in [0.29, 0.717) is 18.2 Å². The molecule has 3 N–H and O–H groups in total. The fourth-order valence-corrected chi connectivity index (χ4v) is 2.75. The van der Waals surface area contributed by atoms with Gasteiger partial charge in [-0.2, -0.15) is 0 Å². The number of rotatable bonds is 3. The van der Waals surface area contributed by atoms with Crippen molar-refractivity contribution < 1.29 is 4.79 Å². The van der Waals surface area contributed by atoms with Gasteiger partial charge < -0.3 is 11.1 Å². The lowest BCUT2D eigenvalue weighted by atomic mass is 9.73. The summed E-state index contributed by atoms with van der Waals surface area (Å²) in [4.78, 5) is 20.5. The Morgan fingerprint density at radius 3 is 2.84 bits per heavy atom. The number of hydrogen-bond acceptors (Lipinski definition) is 4. The van der Waals surface area contributed by atoms with Gasteiger partial charge in [0, 0.05) is 12.7 Å². The number of nitrogens with zero attached hydrogens (tertiary/aromatic N) is 2. The van der Waals surface area contributed by atoms with Crippen LogP contribution in [0.4, 0.5) is 0 Å². The number of carbonyl (C=O) groups excluding carboxylic acids is 1. The molecule has 5 heteroatoms. The van der Waals surface area contributed by atoms with Crippen LogP contribution in [0.15, 0.2) is 12.4 Å². The van der Waals surface area contributed by atoms with Gasteiger partial charge in [-0.25, -0.2) is 4.98 Å². The summed E-state index contributed by atoms with van der Waals surface area (Å²) in [6.45, 7) is 4.48. The minimum Gasteiger partial charge on any atom is -0.344 e. The number of carbonyl (C=O) groups is 1. The predicted octanol–water partition coefficient (Wildman–Crippen LogP) is 1.42. The van der Waals surface area contributed by atoms with Crippen LogP contribution in [-0.2, 0) is 0 Å². The van der Waals surface area contributed by atoms with E-state index in [9.17, 15) is 4.79 Å². The van der Waals surface area contributed by atoms with Crippen LogP contribution in [0.2, 0.25) is 0 Å². The van der Waals surface area contributed by atoms with Gasteiger partial charge in [0.15, 0.2) is 0 Å². The second-order valence-corrected chi connectivity index (χ2v) is 5.50. The number of aromatic nitrogens is 2. The lowest BCUT2D eigenvalue weighted by Crippen LogP contribution is -2.59. The van der Waals surface area contributed by atoms with E-state index < -0.39 is 0 Å². The smallest absolute Gasteiger partial charge is 0.271 e. The minimum absolute atomic E-state index is 0.174. The summed E-state index contributed by atoms with van der Waals surface area (Å²) >= 11 is 0. The highest BCUT2D eigenvalue weighted by Crippen LogP contribution is 2.33. The average Bonchev–Trinajstić information content (AvgIpc) is 2.42. The first kappa shape index (κ1) is 13.9. The van der Waals surface area contributed by atoms with Crippen LogP contribution in [0.3, 0.4) is 0 Å². The zero-order valence-electron chi connectivity index (χ0n) is 11.6. The molecule has 0 aromatic carbocycles. The molecule has 0 bridgehead atoms. The van der Waals surface area contributed by atoms with Crippen molar-refractivity contribution in [2.75, 3.05) is 6.54 Å². The SMILES string of the molecule is Cc1cnc(C(=O)NC2(CN)CCCCC2C)cn1. The number of nitrogens with one attached hydrogen (secondary N) is 1. The zero-order valence-corrected chi connectivity index (χ0v) is 11.6. The number of aryl methyl sites for hydroxylation is 1. The van der Waals surface area contributed by atoms with E-state index in [1.54, 1.807) is 6.20 Å². The highest BCUT2D eigenvalue weighted by Gasteiger charge is 2.38. The third-order valence-corrected chi connectivity index (χ3v) is 4.19. The lowest BCUT2D eigenvalue weighted by Gasteiger charge is -2.42. The Kier molecular flexibility index (Phi) is 4.14. The predicted molar refractivity (Wildman–Crippen MR) is 73.7 cm³/mol. The fourth-order valence-electron chi connectivity index (χ4n) is 2.75. The van der Waals surface area contributed by atoms with Crippen LogP contribution in [0.25, 0.3) is 0 Å². The summed E-state index contributed by atoms with van der Waals surface area (Å²) in [7, 11) is 0. The van der Waals surface area contributed by atoms with Crippen LogP contribution >= 0.6 is 0 Å². The van der Waals surface area contributed by atoms with Crippen molar-refractivity contribution in [1.29, 1.82) is 0 Å². The Hall–Kier alpha value is -1.49. The summed E-state index contributed by atoms with van der Waals surface area (Å²) in [5, 5.41) is 3.10. The molecular weight excluding hydrogens is 240 g/mol. The van der Waals surface area contributed by atoms with Gasteiger partial charge in [-0.3, -0.25) is 9.78 Å². The minimum atomic E-state index is -0.290. The van der Waals surface area contributed by atoms with Crippen LogP contribution in [0, 0.1) is 12.8 Å². The van der Waals surface area contributed by atoms with Crippen molar-refractivity contribution >= 4 is 5.91 Å². The number of nitrogens with two attached hydrogens (primary N) is 1. The third-order valence-electron chi connectivity index (χ3n) is 4.19. The molecule has 0 spiro atoms. The third kappa shape index (κ3) is 2.92. The van der Waals surface area contributed by atoms with Crippen molar-refractivity contribution in [2.45, 2.75) is 45.1 Å². The van der Waals surface area contributed by atoms with Crippen molar-refractivity contribution in [3.8, 4) is 0 Å². The standard InChI is InChI=1S/C14H22N4O/c1-10-5-3-4-6-14(10,9-15)18-13(19)12-8-16-11(2)7-17-12/h7-8,10H,3-6,9,15H2,1-2H3,(H,18,19). The maximum atomic E-state index is 12.3. The van der Waals surface area contributed by atoms with E-state index in [2.05, 4.69) is 22.2 Å². The largest absolute Gasteiger partial charge is 0.344 e. The highest BCUT2D eigenvalue weighted by atomic mass is 16.2. The normalized spacial score (nSPS) is 27.0. The molecule has 0 aliphatic heterocycles. The van der Waals surface area contributed by atoms with Crippen LogP contribution in [-0.4, -0.2) is 28.0 Å². The Bertz CT molecular complexity index is 445. The summed E-state index contributed by atoms with van der Waals surface area (Å²) in [5.41, 5.74) is 6.80. The van der Waals surface area contributed by atoms with Gasteiger partial charge in [0.2, 0.25) is 0 Å². The highest BCUT2D eigenvalue weighted by molar-refractivity contribution is 5.92.